The zero-order valence-electron chi connectivity index (χ0n) is 19.0. The average molecular weight is 508 g/mol. The number of thiol groups is 1. The van der Waals surface area contributed by atoms with Crippen LogP contribution in [0.2, 0.25) is 0 Å². The summed E-state index contributed by atoms with van der Waals surface area (Å²) in [5, 5.41) is 13.4. The van der Waals surface area contributed by atoms with Crippen molar-refractivity contribution in [3.05, 3.63) is 59.2 Å². The van der Waals surface area contributed by atoms with Crippen LogP contribution in [0.1, 0.15) is 55.8 Å². The largest absolute Gasteiger partial charge is 0.481 e. The number of hydrogen-bond donors (Lipinski definition) is 2. The molecule has 1 aliphatic carbocycles. The zero-order valence-corrected chi connectivity index (χ0v) is 20.7. The Kier molecular flexibility index (Phi) is 9.33. The van der Waals surface area contributed by atoms with Crippen LogP contribution in [0.4, 0.5) is 4.39 Å². The molecule has 1 saturated heterocycles. The number of aromatic nitrogens is 2. The number of carboxylic acid groups (broad SMARTS) is 1. The molecule has 1 aromatic carbocycles. The second-order valence-electron chi connectivity index (χ2n) is 8.95. The molecule has 1 saturated carbocycles. The van der Waals surface area contributed by atoms with Crippen molar-refractivity contribution >= 4 is 42.9 Å². The van der Waals surface area contributed by atoms with Crippen molar-refractivity contribution < 1.29 is 19.1 Å². The Morgan fingerprint density at radius 2 is 1.97 bits per heavy atom. The Morgan fingerprint density at radius 1 is 1.21 bits per heavy atom. The molecule has 1 aromatic heterocycles. The Hall–Kier alpha value is -2.16. The minimum atomic E-state index is -0.781. The van der Waals surface area contributed by atoms with Crippen LogP contribution in [0.3, 0.4) is 0 Å². The van der Waals surface area contributed by atoms with Gasteiger partial charge in [0, 0.05) is 49.0 Å². The van der Waals surface area contributed by atoms with E-state index in [2.05, 4.69) is 10.00 Å². The van der Waals surface area contributed by atoms with Crippen LogP contribution in [0.5, 0.6) is 0 Å². The molecule has 184 valence electrons. The summed E-state index contributed by atoms with van der Waals surface area (Å²) in [4.78, 5) is 25.9. The number of ketones is 1. The van der Waals surface area contributed by atoms with E-state index in [1.54, 1.807) is 18.2 Å². The lowest BCUT2D eigenvalue weighted by atomic mass is 9.93. The molecule has 6 nitrogen and oxygen atoms in total. The number of likely N-dealkylation sites (tertiary alicyclic amines) is 1. The van der Waals surface area contributed by atoms with Gasteiger partial charge in [-0.05, 0) is 55.9 Å². The minimum absolute atomic E-state index is 0. The summed E-state index contributed by atoms with van der Waals surface area (Å²) in [7, 11) is 0. The van der Waals surface area contributed by atoms with Crippen molar-refractivity contribution in [2.75, 3.05) is 13.1 Å². The number of halogens is 2. The van der Waals surface area contributed by atoms with Gasteiger partial charge < -0.3 is 5.11 Å². The van der Waals surface area contributed by atoms with Crippen LogP contribution in [0, 0.1) is 11.7 Å². The molecule has 9 heteroatoms. The fourth-order valence-corrected chi connectivity index (χ4v) is 4.66. The highest BCUT2D eigenvalue weighted by Gasteiger charge is 2.40. The number of Topliss-reactive ketones (excluding diaryl/α,β-unsaturated/α-hetero) is 1. The van der Waals surface area contributed by atoms with Gasteiger partial charge in [-0.3, -0.25) is 19.2 Å². The number of carbonyl (C=O) groups excluding carboxylic acids is 1. The van der Waals surface area contributed by atoms with Crippen molar-refractivity contribution in [2.24, 2.45) is 5.92 Å². The maximum atomic E-state index is 14.7. The minimum Gasteiger partial charge on any atom is -0.481 e. The number of benzene rings is 1. The first-order chi connectivity index (χ1) is 15.9. The van der Waals surface area contributed by atoms with Crippen molar-refractivity contribution in [1.29, 1.82) is 0 Å². The Labute approximate surface area is 211 Å². The summed E-state index contributed by atoms with van der Waals surface area (Å²) in [6.45, 7) is 1.89. The Balaban J connectivity index is 0.00000324. The van der Waals surface area contributed by atoms with Gasteiger partial charge >= 0.3 is 5.97 Å². The molecule has 0 amide bonds. The van der Waals surface area contributed by atoms with Crippen LogP contribution in [-0.4, -0.2) is 49.9 Å². The number of carboxylic acids is 1. The van der Waals surface area contributed by atoms with Gasteiger partial charge in [-0.15, -0.1) is 12.4 Å². The van der Waals surface area contributed by atoms with Gasteiger partial charge in [0.15, 0.2) is 5.78 Å². The molecule has 2 atom stereocenters. The van der Waals surface area contributed by atoms with Gasteiger partial charge in [0.25, 0.3) is 0 Å². The summed E-state index contributed by atoms with van der Waals surface area (Å²) in [6, 6.07) is 7.94. The third-order valence-corrected chi connectivity index (χ3v) is 6.93. The Bertz CT molecular complexity index is 1040. The normalized spacial score (nSPS) is 20.6. The summed E-state index contributed by atoms with van der Waals surface area (Å²) in [5.41, 5.74) is 2.32. The fraction of sp³-hybridized carbons (Fsp3) is 0.480. The predicted molar refractivity (Wildman–Crippen MR) is 135 cm³/mol. The first-order valence-electron chi connectivity index (χ1n) is 11.6. The molecule has 1 N–H and O–H groups in total. The molecule has 2 aromatic rings. The first kappa shape index (κ1) is 26.4. The first-order valence-corrected chi connectivity index (χ1v) is 12.1. The van der Waals surface area contributed by atoms with E-state index < -0.39 is 12.0 Å². The molecule has 0 radical (unpaired) electrons. The molecule has 2 heterocycles. The molecule has 0 bridgehead atoms. The number of nitrogens with zero attached hydrogens (tertiary/aromatic N) is 3. The van der Waals surface area contributed by atoms with Crippen LogP contribution in [-0.2, 0) is 16.1 Å². The molecule has 34 heavy (non-hydrogen) atoms. The maximum absolute atomic E-state index is 14.7. The van der Waals surface area contributed by atoms with Gasteiger partial charge in [0.1, 0.15) is 5.82 Å². The third-order valence-electron chi connectivity index (χ3n) is 6.34. The standard InChI is InChI=1S/C25H30FN3O3S.ClH/c26-21-6-2-1-5-20(21)24(25(32)17-8-9-17)28-13-11-22(33)18(16-28)15-19-10-14-29(27-19)12-4-3-7-23(30)31;/h1-2,5-6,10,14-15,17,22,24,33H,3-4,7-9,11-13,16H2,(H,30,31);1H/b18-15-;. The maximum Gasteiger partial charge on any atom is 0.303 e. The van der Waals surface area contributed by atoms with E-state index in [-0.39, 0.29) is 41.6 Å². The number of piperidine rings is 1. The van der Waals surface area contributed by atoms with E-state index >= 15 is 0 Å². The lowest BCUT2D eigenvalue weighted by Crippen LogP contribution is -2.42. The zero-order chi connectivity index (χ0) is 23.4. The van der Waals surface area contributed by atoms with E-state index in [1.165, 1.54) is 6.07 Å². The van der Waals surface area contributed by atoms with E-state index in [1.807, 2.05) is 23.0 Å². The van der Waals surface area contributed by atoms with E-state index in [0.29, 0.717) is 31.6 Å². The highest BCUT2D eigenvalue weighted by molar-refractivity contribution is 7.81. The second kappa shape index (κ2) is 12.0. The van der Waals surface area contributed by atoms with Gasteiger partial charge in [-0.25, -0.2) is 4.39 Å². The van der Waals surface area contributed by atoms with Crippen molar-refractivity contribution in [1.82, 2.24) is 14.7 Å². The van der Waals surface area contributed by atoms with E-state index in [9.17, 15) is 14.0 Å². The van der Waals surface area contributed by atoms with Crippen LogP contribution < -0.4 is 0 Å². The molecule has 1 aliphatic heterocycles. The van der Waals surface area contributed by atoms with Crippen molar-refractivity contribution in [3.8, 4) is 0 Å². The van der Waals surface area contributed by atoms with Gasteiger partial charge in [0.05, 0.1) is 11.7 Å². The van der Waals surface area contributed by atoms with E-state index in [4.69, 9.17) is 17.7 Å². The van der Waals surface area contributed by atoms with Crippen LogP contribution in [0.25, 0.3) is 6.08 Å². The number of hydrogen-bond acceptors (Lipinski definition) is 5. The van der Waals surface area contributed by atoms with Gasteiger partial charge in [-0.2, -0.15) is 17.7 Å². The number of unbranched alkanes of at least 4 members (excludes halogenated alkanes) is 1. The van der Waals surface area contributed by atoms with Crippen molar-refractivity contribution in [2.45, 2.75) is 56.4 Å². The van der Waals surface area contributed by atoms with Crippen LogP contribution in [0.15, 0.2) is 42.1 Å². The van der Waals surface area contributed by atoms with E-state index in [0.717, 1.165) is 37.0 Å². The molecule has 4 rings (SSSR count). The summed E-state index contributed by atoms with van der Waals surface area (Å²) in [6.07, 6.45) is 7.98. The van der Waals surface area contributed by atoms with Gasteiger partial charge in [-0.1, -0.05) is 18.2 Å². The van der Waals surface area contributed by atoms with Gasteiger partial charge in [0.2, 0.25) is 0 Å². The molecular weight excluding hydrogens is 477 g/mol. The highest BCUT2D eigenvalue weighted by atomic mass is 35.5. The smallest absolute Gasteiger partial charge is 0.303 e. The fourth-order valence-electron chi connectivity index (χ4n) is 4.39. The topological polar surface area (TPSA) is 75.4 Å². The van der Waals surface area contributed by atoms with Crippen molar-refractivity contribution in [3.63, 3.8) is 0 Å². The number of aliphatic carboxylic acids is 1. The number of carbonyl (C=O) groups is 2. The average Bonchev–Trinajstić information content (AvgIpc) is 3.55. The number of rotatable bonds is 10. The third kappa shape index (κ3) is 6.71. The SMILES string of the molecule is Cl.O=C(O)CCCCn1ccc(/C=C2/CN(C(C(=O)C3CC3)c3ccccc3F)CCC2S)n1. The monoisotopic (exact) mass is 507 g/mol. The van der Waals surface area contributed by atoms with Crippen LogP contribution >= 0.6 is 25.0 Å². The lowest BCUT2D eigenvalue weighted by molar-refractivity contribution is -0.137. The lowest BCUT2D eigenvalue weighted by Gasteiger charge is -2.37. The quantitative estimate of drug-likeness (QED) is 0.356. The molecular formula is C25H31ClFN3O3S. The molecule has 2 aliphatic rings. The molecule has 2 unspecified atom stereocenters. The predicted octanol–water partition coefficient (Wildman–Crippen LogP) is 4.81. The highest BCUT2D eigenvalue weighted by Crippen LogP contribution is 2.39. The summed E-state index contributed by atoms with van der Waals surface area (Å²) < 4.78 is 16.5. The second-order valence-corrected chi connectivity index (χ2v) is 9.57. The Morgan fingerprint density at radius 3 is 2.68 bits per heavy atom. The summed E-state index contributed by atoms with van der Waals surface area (Å²) in [5.74, 6) is -0.969. The summed E-state index contributed by atoms with van der Waals surface area (Å²) >= 11 is 4.76. The molecule has 2 fully saturated rings. The molecule has 0 spiro atoms. The number of aryl methyl sites for hydroxylation is 1.